The maximum Gasteiger partial charge on any atom is 0.243 e. The molecular weight excluding hydrogens is 236 g/mol. The summed E-state index contributed by atoms with van der Waals surface area (Å²) in [6.07, 6.45) is 2.63. The highest BCUT2D eigenvalue weighted by atomic mass is 15.3. The van der Waals surface area contributed by atoms with E-state index in [0.29, 0.717) is 5.95 Å². The summed E-state index contributed by atoms with van der Waals surface area (Å²) >= 11 is 0. The zero-order chi connectivity index (χ0) is 13.7. The van der Waals surface area contributed by atoms with Gasteiger partial charge in [-0.25, -0.2) is 15.4 Å². The molecule has 4 heteroatoms. The van der Waals surface area contributed by atoms with E-state index in [9.17, 15) is 0 Å². The highest BCUT2D eigenvalue weighted by molar-refractivity contribution is 5.63. The van der Waals surface area contributed by atoms with E-state index in [1.165, 1.54) is 11.1 Å². The Balaban J connectivity index is 1.95. The molecule has 0 spiro atoms. The second-order valence-electron chi connectivity index (χ2n) is 4.53. The van der Waals surface area contributed by atoms with E-state index in [2.05, 4.69) is 39.6 Å². The van der Waals surface area contributed by atoms with Crippen molar-refractivity contribution in [3.63, 3.8) is 0 Å². The fraction of sp³-hybridized carbons (Fsp3) is 0.267. The maximum absolute atomic E-state index is 4.26. The average Bonchev–Trinajstić information content (AvgIpc) is 2.35. The van der Waals surface area contributed by atoms with Gasteiger partial charge < -0.3 is 0 Å². The Labute approximate surface area is 113 Å². The van der Waals surface area contributed by atoms with E-state index in [1.807, 2.05) is 38.3 Å². The predicted octanol–water partition coefficient (Wildman–Crippen LogP) is 3.04. The first-order valence-electron chi connectivity index (χ1n) is 6.29. The Bertz CT molecular complexity index is 570. The number of hydrogen-bond acceptors (Lipinski definition) is 4. The molecular formula is C15H18N4. The molecule has 19 heavy (non-hydrogen) atoms. The van der Waals surface area contributed by atoms with Crippen LogP contribution >= 0.6 is 0 Å². The first-order chi connectivity index (χ1) is 9.15. The summed E-state index contributed by atoms with van der Waals surface area (Å²) in [5.41, 5.74) is 7.28. The summed E-state index contributed by atoms with van der Waals surface area (Å²) in [6, 6.07) is 10.2. The van der Waals surface area contributed by atoms with Crippen molar-refractivity contribution < 1.29 is 0 Å². The number of rotatable bonds is 4. The van der Waals surface area contributed by atoms with Gasteiger partial charge in [-0.3, -0.25) is 0 Å². The first kappa shape index (κ1) is 13.2. The topological polar surface area (TPSA) is 50.2 Å². The van der Waals surface area contributed by atoms with Crippen LogP contribution in [0.2, 0.25) is 0 Å². The summed E-state index contributed by atoms with van der Waals surface area (Å²) in [5, 5.41) is 4.16. The molecule has 0 saturated heterocycles. The predicted molar refractivity (Wildman–Crippen MR) is 78.5 cm³/mol. The molecule has 0 amide bonds. The quantitative estimate of drug-likeness (QED) is 0.674. The molecule has 0 atom stereocenters. The Hall–Kier alpha value is -2.23. The molecule has 0 aliphatic carbocycles. The lowest BCUT2D eigenvalue weighted by Gasteiger charge is -2.02. The number of nitrogens with zero attached hydrogens (tertiary/aromatic N) is 3. The summed E-state index contributed by atoms with van der Waals surface area (Å²) in [7, 11) is 0. The summed E-state index contributed by atoms with van der Waals surface area (Å²) < 4.78 is 0. The molecule has 0 saturated carbocycles. The van der Waals surface area contributed by atoms with Crippen LogP contribution in [0.15, 0.2) is 35.4 Å². The SMILES string of the molecule is Cc1cc(C)nc(NN=CCc2ccccc2C)n1. The van der Waals surface area contributed by atoms with Crippen LogP contribution in [0, 0.1) is 20.8 Å². The van der Waals surface area contributed by atoms with Crippen LogP contribution in [-0.2, 0) is 6.42 Å². The third kappa shape index (κ3) is 3.88. The largest absolute Gasteiger partial charge is 0.245 e. The third-order valence-corrected chi connectivity index (χ3v) is 2.81. The fourth-order valence-electron chi connectivity index (χ4n) is 1.86. The normalized spacial score (nSPS) is 10.9. The lowest BCUT2D eigenvalue weighted by atomic mass is 10.1. The molecule has 0 radical (unpaired) electrons. The van der Waals surface area contributed by atoms with E-state index in [0.717, 1.165) is 17.8 Å². The molecule has 0 unspecified atom stereocenters. The van der Waals surface area contributed by atoms with Crippen LogP contribution in [0.1, 0.15) is 22.5 Å². The van der Waals surface area contributed by atoms with Crippen molar-refractivity contribution >= 4 is 12.2 Å². The van der Waals surface area contributed by atoms with Crippen molar-refractivity contribution in [3.05, 3.63) is 52.8 Å². The number of hydrazone groups is 1. The van der Waals surface area contributed by atoms with E-state index in [-0.39, 0.29) is 0 Å². The number of nitrogens with one attached hydrogen (secondary N) is 1. The molecule has 2 aromatic rings. The lowest BCUT2D eigenvalue weighted by Crippen LogP contribution is -2.00. The van der Waals surface area contributed by atoms with E-state index in [4.69, 9.17) is 0 Å². The van der Waals surface area contributed by atoms with Crippen molar-refractivity contribution in [1.29, 1.82) is 0 Å². The van der Waals surface area contributed by atoms with Gasteiger partial charge >= 0.3 is 0 Å². The second-order valence-corrected chi connectivity index (χ2v) is 4.53. The van der Waals surface area contributed by atoms with Crippen LogP contribution in [0.5, 0.6) is 0 Å². The Morgan fingerprint density at radius 2 is 1.79 bits per heavy atom. The zero-order valence-electron chi connectivity index (χ0n) is 11.5. The lowest BCUT2D eigenvalue weighted by molar-refractivity contribution is 1.03. The highest BCUT2D eigenvalue weighted by Gasteiger charge is 1.97. The molecule has 0 aliphatic heterocycles. The van der Waals surface area contributed by atoms with Gasteiger partial charge in [-0.05, 0) is 38.0 Å². The minimum Gasteiger partial charge on any atom is -0.245 e. The van der Waals surface area contributed by atoms with Crippen molar-refractivity contribution in [2.24, 2.45) is 5.10 Å². The Morgan fingerprint density at radius 3 is 2.47 bits per heavy atom. The van der Waals surface area contributed by atoms with Crippen LogP contribution < -0.4 is 5.43 Å². The number of aryl methyl sites for hydroxylation is 3. The van der Waals surface area contributed by atoms with E-state index in [1.54, 1.807) is 0 Å². The minimum absolute atomic E-state index is 0.540. The molecule has 1 N–H and O–H groups in total. The highest BCUT2D eigenvalue weighted by Crippen LogP contribution is 2.07. The molecule has 0 bridgehead atoms. The number of anilines is 1. The zero-order valence-corrected chi connectivity index (χ0v) is 11.5. The third-order valence-electron chi connectivity index (χ3n) is 2.81. The number of hydrogen-bond donors (Lipinski definition) is 1. The molecule has 98 valence electrons. The summed E-state index contributed by atoms with van der Waals surface area (Å²) in [4.78, 5) is 8.52. The Morgan fingerprint density at radius 1 is 1.11 bits per heavy atom. The second kappa shape index (κ2) is 6.09. The summed E-state index contributed by atoms with van der Waals surface area (Å²) in [6.45, 7) is 5.98. The van der Waals surface area contributed by atoms with Gasteiger partial charge in [-0.15, -0.1) is 0 Å². The molecule has 4 nitrogen and oxygen atoms in total. The molecule has 0 fully saturated rings. The van der Waals surface area contributed by atoms with Crippen molar-refractivity contribution in [1.82, 2.24) is 9.97 Å². The molecule has 0 aliphatic rings. The van der Waals surface area contributed by atoms with Gasteiger partial charge in [0.2, 0.25) is 5.95 Å². The molecule has 1 heterocycles. The van der Waals surface area contributed by atoms with Gasteiger partial charge in [-0.1, -0.05) is 24.3 Å². The minimum atomic E-state index is 0.540. The van der Waals surface area contributed by atoms with Gasteiger partial charge in [-0.2, -0.15) is 5.10 Å². The van der Waals surface area contributed by atoms with Gasteiger partial charge in [0.15, 0.2) is 0 Å². The number of benzene rings is 1. The standard InChI is InChI=1S/C15H18N4/c1-11-6-4-5-7-14(11)8-9-16-19-15-17-12(2)10-13(3)18-15/h4-7,9-10H,8H2,1-3H3,(H,17,18,19). The molecule has 1 aromatic carbocycles. The van der Waals surface area contributed by atoms with Crippen molar-refractivity contribution in [2.75, 3.05) is 5.43 Å². The molecule has 1 aromatic heterocycles. The van der Waals surface area contributed by atoms with Gasteiger partial charge in [0, 0.05) is 24.0 Å². The van der Waals surface area contributed by atoms with Crippen molar-refractivity contribution in [3.8, 4) is 0 Å². The van der Waals surface area contributed by atoms with Gasteiger partial charge in [0.05, 0.1) is 0 Å². The van der Waals surface area contributed by atoms with E-state index >= 15 is 0 Å². The Kier molecular flexibility index (Phi) is 4.23. The molecule has 2 rings (SSSR count). The smallest absolute Gasteiger partial charge is 0.243 e. The average molecular weight is 254 g/mol. The van der Waals surface area contributed by atoms with Gasteiger partial charge in [0.25, 0.3) is 0 Å². The van der Waals surface area contributed by atoms with Crippen LogP contribution in [0.3, 0.4) is 0 Å². The van der Waals surface area contributed by atoms with Crippen LogP contribution in [0.4, 0.5) is 5.95 Å². The maximum atomic E-state index is 4.26. The van der Waals surface area contributed by atoms with Gasteiger partial charge in [0.1, 0.15) is 0 Å². The van der Waals surface area contributed by atoms with Crippen LogP contribution in [0.25, 0.3) is 0 Å². The van der Waals surface area contributed by atoms with Crippen molar-refractivity contribution in [2.45, 2.75) is 27.2 Å². The summed E-state index contributed by atoms with van der Waals surface area (Å²) in [5.74, 6) is 0.540. The fourth-order valence-corrected chi connectivity index (χ4v) is 1.86. The first-order valence-corrected chi connectivity index (χ1v) is 6.29. The monoisotopic (exact) mass is 254 g/mol. The number of aromatic nitrogens is 2. The van der Waals surface area contributed by atoms with Crippen LogP contribution in [-0.4, -0.2) is 16.2 Å². The van der Waals surface area contributed by atoms with E-state index < -0.39 is 0 Å².